The summed E-state index contributed by atoms with van der Waals surface area (Å²) in [5.41, 5.74) is 10.3. The van der Waals surface area contributed by atoms with Gasteiger partial charge in [0.05, 0.1) is 33.8 Å². The molecule has 2 unspecified atom stereocenters. The fourth-order valence-corrected chi connectivity index (χ4v) is 6.90. The van der Waals surface area contributed by atoms with Gasteiger partial charge in [-0.3, -0.25) is 19.1 Å². The number of nitrogens with one attached hydrogen (secondary N) is 1. The fraction of sp³-hybridized carbons (Fsp3) is 0.182. The lowest BCUT2D eigenvalue weighted by Gasteiger charge is -2.24. The van der Waals surface area contributed by atoms with Crippen LogP contribution in [-0.4, -0.2) is 60.2 Å². The van der Waals surface area contributed by atoms with E-state index >= 15 is 0 Å². The number of fused-ring (bicyclic) bond motifs is 2. The van der Waals surface area contributed by atoms with Crippen LogP contribution in [0, 0.1) is 5.92 Å². The number of para-hydroxylation sites is 2. The third kappa shape index (κ3) is 5.40. The van der Waals surface area contributed by atoms with E-state index in [4.69, 9.17) is 10.7 Å². The predicted molar refractivity (Wildman–Crippen MR) is 172 cm³/mol. The van der Waals surface area contributed by atoms with Gasteiger partial charge in [-0.05, 0) is 60.4 Å². The maximum absolute atomic E-state index is 13.8. The summed E-state index contributed by atoms with van der Waals surface area (Å²) in [5, 5.41) is 16.6. The molecule has 0 bridgehead atoms. The Kier molecular flexibility index (Phi) is 7.26. The summed E-state index contributed by atoms with van der Waals surface area (Å²) in [7, 11) is 0. The first-order chi connectivity index (χ1) is 21.9. The molecule has 45 heavy (non-hydrogen) atoms. The van der Waals surface area contributed by atoms with Crippen LogP contribution in [0.3, 0.4) is 0 Å². The van der Waals surface area contributed by atoms with Crippen molar-refractivity contribution in [1.82, 2.24) is 29.9 Å². The summed E-state index contributed by atoms with van der Waals surface area (Å²) in [6.45, 7) is 2.29. The lowest BCUT2D eigenvalue weighted by Crippen LogP contribution is -2.44. The van der Waals surface area contributed by atoms with E-state index < -0.39 is 11.9 Å². The predicted octanol–water partition coefficient (Wildman–Crippen LogP) is 4.74. The number of primary amides is 1. The van der Waals surface area contributed by atoms with Crippen LogP contribution in [0.15, 0.2) is 85.2 Å². The van der Waals surface area contributed by atoms with Gasteiger partial charge in [0, 0.05) is 23.1 Å². The topological polar surface area (TPSA) is 149 Å². The Morgan fingerprint density at radius 3 is 2.62 bits per heavy atom. The van der Waals surface area contributed by atoms with Crippen LogP contribution >= 0.6 is 11.3 Å². The van der Waals surface area contributed by atoms with Crippen LogP contribution in [0.1, 0.15) is 23.8 Å². The molecule has 3 N–H and O–H groups in total. The number of nitrogens with two attached hydrogens (primary N) is 1. The summed E-state index contributed by atoms with van der Waals surface area (Å²) >= 11 is 1.56. The molecule has 7 rings (SSSR count). The summed E-state index contributed by atoms with van der Waals surface area (Å²) in [5.74, 6) is -1.12. The fourth-order valence-electron chi connectivity index (χ4n) is 5.89. The Morgan fingerprint density at radius 1 is 1.00 bits per heavy atom. The number of thiazole rings is 1. The van der Waals surface area contributed by atoms with Gasteiger partial charge in [0.25, 0.3) is 5.91 Å². The summed E-state index contributed by atoms with van der Waals surface area (Å²) in [6.07, 6.45) is 3.73. The normalized spacial score (nSPS) is 16.3. The SMILES string of the molecule is CC1CC(C(=O)Nc2ccccc2-c2nc3ccccc3s2)N(C(=O)Cn2nc(C(N)=O)c3cc(-c4ccnnc4)ccc32)C1. The van der Waals surface area contributed by atoms with Crippen molar-refractivity contribution in [3.63, 3.8) is 0 Å². The Balaban J connectivity index is 1.14. The van der Waals surface area contributed by atoms with E-state index in [1.165, 1.54) is 4.68 Å². The highest BCUT2D eigenvalue weighted by Gasteiger charge is 2.38. The highest BCUT2D eigenvalue weighted by Crippen LogP contribution is 2.35. The maximum atomic E-state index is 13.8. The molecule has 3 amide bonds. The minimum absolute atomic E-state index is 0.0669. The van der Waals surface area contributed by atoms with E-state index in [-0.39, 0.29) is 30.0 Å². The van der Waals surface area contributed by atoms with Gasteiger partial charge in [0.1, 0.15) is 17.6 Å². The van der Waals surface area contributed by atoms with Crippen LogP contribution in [0.2, 0.25) is 0 Å². The molecule has 1 saturated heterocycles. The molecule has 11 nitrogen and oxygen atoms in total. The summed E-state index contributed by atoms with van der Waals surface area (Å²) < 4.78 is 2.54. The number of aromatic nitrogens is 5. The van der Waals surface area contributed by atoms with Gasteiger partial charge in [-0.15, -0.1) is 11.3 Å². The van der Waals surface area contributed by atoms with Crippen molar-refractivity contribution in [3.8, 4) is 21.7 Å². The minimum Gasteiger partial charge on any atom is -0.364 e. The average Bonchev–Trinajstić information content (AvgIpc) is 3.76. The zero-order valence-electron chi connectivity index (χ0n) is 24.3. The molecule has 6 aromatic rings. The second-order valence-corrected chi connectivity index (χ2v) is 12.2. The summed E-state index contributed by atoms with van der Waals surface area (Å²) in [6, 6.07) is 22.1. The Morgan fingerprint density at radius 2 is 1.82 bits per heavy atom. The molecule has 0 aliphatic carbocycles. The number of carbonyl (C=O) groups excluding carboxylic acids is 3. The largest absolute Gasteiger partial charge is 0.364 e. The number of amides is 3. The van der Waals surface area contributed by atoms with Crippen molar-refractivity contribution in [1.29, 1.82) is 0 Å². The molecule has 0 radical (unpaired) electrons. The van der Waals surface area contributed by atoms with Crippen molar-refractivity contribution < 1.29 is 14.4 Å². The van der Waals surface area contributed by atoms with Gasteiger partial charge in [-0.2, -0.15) is 15.3 Å². The van der Waals surface area contributed by atoms with Gasteiger partial charge in [-0.1, -0.05) is 37.3 Å². The number of nitrogens with zero attached hydrogens (tertiary/aromatic N) is 6. The van der Waals surface area contributed by atoms with Gasteiger partial charge in [0.2, 0.25) is 11.8 Å². The lowest BCUT2D eigenvalue weighted by molar-refractivity contribution is -0.137. The lowest BCUT2D eigenvalue weighted by atomic mass is 10.0. The van der Waals surface area contributed by atoms with Gasteiger partial charge in [0.15, 0.2) is 5.69 Å². The van der Waals surface area contributed by atoms with E-state index in [1.54, 1.807) is 40.8 Å². The molecule has 3 aromatic heterocycles. The van der Waals surface area contributed by atoms with E-state index in [0.29, 0.717) is 29.6 Å². The molecule has 224 valence electrons. The van der Waals surface area contributed by atoms with Crippen molar-refractivity contribution in [2.75, 3.05) is 11.9 Å². The van der Waals surface area contributed by atoms with E-state index in [1.807, 2.05) is 67.6 Å². The molecule has 1 fully saturated rings. The van der Waals surface area contributed by atoms with Crippen LogP contribution in [0.25, 0.3) is 42.8 Å². The van der Waals surface area contributed by atoms with Gasteiger partial charge < -0.3 is 16.0 Å². The number of benzene rings is 3. The highest BCUT2D eigenvalue weighted by atomic mass is 32.1. The van der Waals surface area contributed by atoms with Gasteiger partial charge in [-0.25, -0.2) is 4.98 Å². The minimum atomic E-state index is -0.699. The number of likely N-dealkylation sites (tertiary alicyclic amines) is 1. The van der Waals surface area contributed by atoms with E-state index in [2.05, 4.69) is 20.6 Å². The van der Waals surface area contributed by atoms with Crippen LogP contribution in [0.4, 0.5) is 5.69 Å². The van der Waals surface area contributed by atoms with Crippen LogP contribution < -0.4 is 11.1 Å². The highest BCUT2D eigenvalue weighted by molar-refractivity contribution is 7.21. The average molecular weight is 617 g/mol. The molecule has 1 aliphatic heterocycles. The molecule has 3 aromatic carbocycles. The van der Waals surface area contributed by atoms with Crippen LogP contribution in [-0.2, 0) is 16.1 Å². The third-order valence-corrected chi connectivity index (χ3v) is 9.10. The Labute approximate surface area is 261 Å². The van der Waals surface area contributed by atoms with Crippen LogP contribution in [0.5, 0.6) is 0 Å². The molecular weight excluding hydrogens is 588 g/mol. The van der Waals surface area contributed by atoms with Crippen molar-refractivity contribution in [3.05, 3.63) is 90.9 Å². The van der Waals surface area contributed by atoms with Gasteiger partial charge >= 0.3 is 0 Å². The van der Waals surface area contributed by atoms with E-state index in [9.17, 15) is 14.4 Å². The second-order valence-electron chi connectivity index (χ2n) is 11.2. The first-order valence-corrected chi connectivity index (χ1v) is 15.3. The standard InChI is InChI=1S/C33H28N8O3S/c1-19-14-27(32(44)37-24-7-3-2-6-22(24)33-38-25-8-4-5-9-28(25)45-33)40(17-19)29(42)18-41-26-11-10-20(21-12-13-35-36-16-21)15-23(26)30(39-41)31(34)43/h2-13,15-16,19,27H,14,17-18H2,1H3,(H2,34,43)(H,37,44). The van der Waals surface area contributed by atoms with Crippen molar-refractivity contribution in [2.45, 2.75) is 25.9 Å². The number of carbonyl (C=O) groups is 3. The molecule has 12 heteroatoms. The molecule has 0 spiro atoms. The van der Waals surface area contributed by atoms with Crippen molar-refractivity contribution in [2.24, 2.45) is 11.7 Å². The van der Waals surface area contributed by atoms with E-state index in [0.717, 1.165) is 31.9 Å². The number of hydrogen-bond donors (Lipinski definition) is 2. The number of anilines is 1. The quantitative estimate of drug-likeness (QED) is 0.263. The molecule has 1 aliphatic rings. The molecule has 0 saturated carbocycles. The summed E-state index contributed by atoms with van der Waals surface area (Å²) in [4.78, 5) is 46.2. The molecule has 2 atom stereocenters. The smallest absolute Gasteiger partial charge is 0.269 e. The monoisotopic (exact) mass is 616 g/mol. The Hall–Kier alpha value is -5.49. The first kappa shape index (κ1) is 28.3. The second kappa shape index (κ2) is 11.5. The molecular formula is C33H28N8O3S. The number of rotatable bonds is 7. The maximum Gasteiger partial charge on any atom is 0.269 e. The Bertz CT molecular complexity index is 2060. The molecule has 4 heterocycles. The first-order valence-electron chi connectivity index (χ1n) is 14.5. The third-order valence-electron chi connectivity index (χ3n) is 8.03. The zero-order chi connectivity index (χ0) is 31.1. The number of hydrogen-bond acceptors (Lipinski definition) is 8. The zero-order valence-corrected chi connectivity index (χ0v) is 25.1. The van der Waals surface area contributed by atoms with Crippen molar-refractivity contribution >= 4 is 55.9 Å².